The molecule has 0 amide bonds. The van der Waals surface area contributed by atoms with Gasteiger partial charge in [0, 0.05) is 0 Å². The maximum Gasteiger partial charge on any atom is 0.0631 e. The summed E-state index contributed by atoms with van der Waals surface area (Å²) in [5.74, 6) is 11.6. The Morgan fingerprint density at radius 3 is 0.411 bits per heavy atom. The van der Waals surface area contributed by atoms with E-state index in [9.17, 15) is 0 Å². The van der Waals surface area contributed by atoms with Crippen LogP contribution in [0.25, 0.3) is 0 Å². The normalized spacial score (nSPS) is 55.3. The minimum absolute atomic E-state index is 0.343. The van der Waals surface area contributed by atoms with Crippen molar-refractivity contribution in [3.05, 3.63) is 0 Å². The van der Waals surface area contributed by atoms with E-state index in [2.05, 4.69) is 97.9 Å². The summed E-state index contributed by atoms with van der Waals surface area (Å²) in [7, 11) is 0. The molecule has 16 atom stereocenters. The zero-order valence-electron chi connectivity index (χ0n) is 37.2. The van der Waals surface area contributed by atoms with Crippen molar-refractivity contribution in [1.29, 1.82) is 0 Å². The van der Waals surface area contributed by atoms with E-state index < -0.39 is 0 Å². The van der Waals surface area contributed by atoms with Gasteiger partial charge in [0.15, 0.2) is 0 Å². The smallest absolute Gasteiger partial charge is 0.0631 e. The van der Waals surface area contributed by atoms with Gasteiger partial charge in [0.25, 0.3) is 0 Å². The van der Waals surface area contributed by atoms with Gasteiger partial charge in [-0.2, -0.15) is 0 Å². The Hall–Kier alpha value is -0.320. The van der Waals surface area contributed by atoms with E-state index in [1.54, 1.807) is 0 Å². The van der Waals surface area contributed by atoms with E-state index in [-0.39, 0.29) is 0 Å². The summed E-state index contributed by atoms with van der Waals surface area (Å²) < 4.78 is 0. The van der Waals surface area contributed by atoms with Gasteiger partial charge in [-0.3, -0.25) is 42.5 Å². The summed E-state index contributed by atoms with van der Waals surface area (Å²) >= 11 is 0. The first kappa shape index (κ1) is 41.1. The van der Waals surface area contributed by atoms with Gasteiger partial charge < -0.3 is 0 Å². The van der Waals surface area contributed by atoms with Crippen LogP contribution < -0.4 is 42.5 Å². The van der Waals surface area contributed by atoms with Crippen molar-refractivity contribution in [3.8, 4) is 0 Å². The van der Waals surface area contributed by atoms with Gasteiger partial charge >= 0.3 is 0 Å². The van der Waals surface area contributed by atoms with Crippen LogP contribution in [0.5, 0.6) is 0 Å². The maximum atomic E-state index is 4.55. The van der Waals surface area contributed by atoms with Crippen molar-refractivity contribution in [1.82, 2.24) is 42.5 Å². The van der Waals surface area contributed by atoms with Crippen molar-refractivity contribution < 1.29 is 0 Å². The monoisotopic (exact) mass is 777 g/mol. The molecule has 9 aliphatic rings. The van der Waals surface area contributed by atoms with E-state index in [4.69, 9.17) is 0 Å². The van der Waals surface area contributed by atoms with E-state index in [0.29, 0.717) is 96.7 Å². The minimum Gasteiger partial charge on any atom is -0.286 e. The molecule has 5 saturated heterocycles. The molecule has 5 aliphatic heterocycles. The molecule has 9 rings (SSSR count). The molecule has 8 N–H and O–H groups in total. The Labute approximate surface area is 343 Å². The van der Waals surface area contributed by atoms with Crippen molar-refractivity contribution in [2.45, 2.75) is 207 Å². The molecular weight excluding hydrogens is 689 g/mol. The standard InChI is InChI=1S/C48H88N8/c1-9-25-17-18-26(10-2)34-33(25)41-49-42(34)54-44-37-29(13-5)21-22-30(14-6)38(37)46(51-44)56-48-40-32(16-8)24-23-31(15-7)39(40)47(52-48)55-45-36-28(12-4)20-19-27(11-3)35(36)43(50-45)53-41/h25-56H,9-24H2,1-8H3. The Balaban J connectivity index is 1.15. The highest BCUT2D eigenvalue weighted by molar-refractivity contribution is 5.13. The van der Waals surface area contributed by atoms with Crippen LogP contribution in [0.4, 0.5) is 0 Å². The van der Waals surface area contributed by atoms with Crippen molar-refractivity contribution >= 4 is 0 Å². The van der Waals surface area contributed by atoms with Gasteiger partial charge in [-0.1, -0.05) is 107 Å². The molecular formula is C48H88N8. The molecule has 5 heterocycles. The third kappa shape index (κ3) is 6.83. The molecule has 4 saturated carbocycles. The lowest BCUT2D eigenvalue weighted by Gasteiger charge is -2.46. The van der Waals surface area contributed by atoms with Crippen molar-refractivity contribution in [3.63, 3.8) is 0 Å². The number of nitrogens with one attached hydrogen (secondary N) is 8. The van der Waals surface area contributed by atoms with Gasteiger partial charge in [0.2, 0.25) is 0 Å². The lowest BCUT2D eigenvalue weighted by atomic mass is 9.63. The van der Waals surface area contributed by atoms with Gasteiger partial charge in [0.1, 0.15) is 0 Å². The van der Waals surface area contributed by atoms with Crippen LogP contribution in [0.1, 0.15) is 158 Å². The fourth-order valence-corrected chi connectivity index (χ4v) is 17.2. The average Bonchev–Trinajstić information content (AvgIpc) is 3.99. The van der Waals surface area contributed by atoms with Gasteiger partial charge in [0.05, 0.1) is 49.3 Å². The Morgan fingerprint density at radius 2 is 0.321 bits per heavy atom. The molecule has 0 aromatic heterocycles. The Kier molecular flexibility index (Phi) is 12.6. The highest BCUT2D eigenvalue weighted by Crippen LogP contribution is 2.54. The van der Waals surface area contributed by atoms with Crippen LogP contribution in [0.3, 0.4) is 0 Å². The quantitative estimate of drug-likeness (QED) is 0.127. The molecule has 320 valence electrons. The third-order valence-corrected chi connectivity index (χ3v) is 19.9. The van der Waals surface area contributed by atoms with Gasteiger partial charge in [-0.15, -0.1) is 0 Å². The first-order chi connectivity index (χ1) is 27.4. The molecule has 9 fully saturated rings. The Bertz CT molecular complexity index is 1020. The predicted molar refractivity (Wildman–Crippen MR) is 230 cm³/mol. The van der Waals surface area contributed by atoms with Crippen LogP contribution in [0.15, 0.2) is 0 Å². The first-order valence-corrected chi connectivity index (χ1v) is 25.5. The largest absolute Gasteiger partial charge is 0.286 e. The van der Waals surface area contributed by atoms with Gasteiger partial charge in [-0.05, 0) is 146 Å². The molecule has 0 aromatic rings. The van der Waals surface area contributed by atoms with Gasteiger partial charge in [-0.25, -0.2) is 0 Å². The van der Waals surface area contributed by atoms with Crippen LogP contribution in [-0.2, 0) is 0 Å². The molecule has 8 heteroatoms. The average molecular weight is 777 g/mol. The van der Waals surface area contributed by atoms with Crippen LogP contribution >= 0.6 is 0 Å². The fourth-order valence-electron chi connectivity index (χ4n) is 17.2. The maximum absolute atomic E-state index is 4.55. The molecule has 4 aliphatic carbocycles. The van der Waals surface area contributed by atoms with E-state index in [0.717, 1.165) is 47.3 Å². The van der Waals surface area contributed by atoms with Crippen LogP contribution in [0.2, 0.25) is 0 Å². The van der Waals surface area contributed by atoms with E-state index in [1.807, 2.05) is 0 Å². The zero-order valence-corrected chi connectivity index (χ0v) is 37.2. The summed E-state index contributed by atoms with van der Waals surface area (Å²) in [6.45, 7) is 20.0. The SMILES string of the molecule is CCC1CCC(CC)C2C3NC(NC4NC(NC5NC(NC6NC(N3)C3C(CC)CCC(CC)C63)C3C(CC)CCC(CC)C53)C3C(CC)CCC(CC)C43)C12. The second-order valence-corrected chi connectivity index (χ2v) is 21.4. The third-order valence-electron chi connectivity index (χ3n) is 19.9. The summed E-state index contributed by atoms with van der Waals surface area (Å²) in [6.07, 6.45) is 24.4. The number of hydrogen-bond acceptors (Lipinski definition) is 8. The lowest BCUT2D eigenvalue weighted by Crippen LogP contribution is -2.62. The molecule has 0 spiro atoms. The molecule has 56 heavy (non-hydrogen) atoms. The van der Waals surface area contributed by atoms with E-state index >= 15 is 0 Å². The topological polar surface area (TPSA) is 96.2 Å². The van der Waals surface area contributed by atoms with Crippen molar-refractivity contribution in [2.24, 2.45) is 94.7 Å². The molecule has 8 bridgehead atoms. The highest BCUT2D eigenvalue weighted by atomic mass is 15.4. The number of rotatable bonds is 8. The molecule has 16 unspecified atom stereocenters. The lowest BCUT2D eigenvalue weighted by molar-refractivity contribution is 0.0434. The fraction of sp³-hybridized carbons (Fsp3) is 1.00. The first-order valence-electron chi connectivity index (χ1n) is 25.5. The summed E-state index contributed by atoms with van der Waals surface area (Å²) in [4.78, 5) is 0. The summed E-state index contributed by atoms with van der Waals surface area (Å²) in [6, 6.07) is 0. The molecule has 0 aromatic carbocycles. The summed E-state index contributed by atoms with van der Waals surface area (Å²) in [5.41, 5.74) is 0. The predicted octanol–water partition coefficient (Wildman–Crippen LogP) is 7.69. The van der Waals surface area contributed by atoms with Crippen LogP contribution in [0, 0.1) is 94.7 Å². The highest BCUT2D eigenvalue weighted by Gasteiger charge is 2.60. The minimum atomic E-state index is 0.343. The Morgan fingerprint density at radius 1 is 0.214 bits per heavy atom. The second-order valence-electron chi connectivity index (χ2n) is 21.4. The number of hydrogen-bond donors (Lipinski definition) is 8. The van der Waals surface area contributed by atoms with Crippen LogP contribution in [-0.4, -0.2) is 49.3 Å². The second kappa shape index (κ2) is 17.2. The van der Waals surface area contributed by atoms with Crippen molar-refractivity contribution in [2.75, 3.05) is 0 Å². The molecule has 8 nitrogen and oxygen atoms in total. The van der Waals surface area contributed by atoms with E-state index in [1.165, 1.54) is 103 Å². The zero-order chi connectivity index (χ0) is 38.8. The number of fused-ring (bicyclic) bond motifs is 20. The molecule has 0 radical (unpaired) electrons. The summed E-state index contributed by atoms with van der Waals surface area (Å²) in [5, 5.41) is 36.0.